The number of nitrogens with one attached hydrogen (secondary N) is 4. The van der Waals surface area contributed by atoms with Gasteiger partial charge in [-0.05, 0) is 48.9 Å². The highest BCUT2D eigenvalue weighted by molar-refractivity contribution is 7.18. The summed E-state index contributed by atoms with van der Waals surface area (Å²) < 4.78 is 1.13. The maximum atomic E-state index is 10.1. The van der Waals surface area contributed by atoms with E-state index < -0.39 is 0 Å². The number of rotatable bonds is 7. The Kier molecular flexibility index (Phi) is 6.50. The quantitative estimate of drug-likeness (QED) is 0.210. The number of hydrogen-bond donors (Lipinski definition) is 4. The van der Waals surface area contributed by atoms with E-state index in [0.717, 1.165) is 49.8 Å². The molecule has 2 aromatic carbocycles. The van der Waals surface area contributed by atoms with Gasteiger partial charge < -0.3 is 16.1 Å². The Balaban J connectivity index is 1.48. The fraction of sp³-hybridized carbons (Fsp3) is 0.323. The Morgan fingerprint density at radius 2 is 2.08 bits per heavy atom. The molecule has 4 N–H and O–H groups in total. The van der Waals surface area contributed by atoms with Gasteiger partial charge in [0.1, 0.15) is 6.07 Å². The van der Waals surface area contributed by atoms with Crippen molar-refractivity contribution in [2.24, 2.45) is 5.41 Å². The lowest BCUT2D eigenvalue weighted by Crippen LogP contribution is -2.38. The SMILES string of the molecule is C#Cc1cnc2c(C#N)cc(N[C@H](C3=CN(C4CC4)NN3)c3cccc4nc(C)sc34)cc2c1NCC(C)(C)C. The Hall–Kier alpha value is -4.31. The predicted molar refractivity (Wildman–Crippen MR) is 162 cm³/mol. The van der Waals surface area contributed by atoms with Crippen molar-refractivity contribution in [1.82, 2.24) is 25.9 Å². The minimum Gasteiger partial charge on any atom is -0.383 e. The van der Waals surface area contributed by atoms with Crippen LogP contribution in [-0.2, 0) is 0 Å². The zero-order chi connectivity index (χ0) is 28.0. The number of pyridine rings is 1. The molecule has 1 fully saturated rings. The number of terminal acetylenes is 1. The van der Waals surface area contributed by atoms with E-state index in [1.165, 1.54) is 12.8 Å². The van der Waals surface area contributed by atoms with Crippen LogP contribution >= 0.6 is 11.3 Å². The summed E-state index contributed by atoms with van der Waals surface area (Å²) in [5, 5.41) is 21.4. The van der Waals surface area contributed by atoms with Crippen LogP contribution in [0.4, 0.5) is 11.4 Å². The molecule has 40 heavy (non-hydrogen) atoms. The molecule has 0 saturated heterocycles. The minimum absolute atomic E-state index is 0.0348. The van der Waals surface area contributed by atoms with Crippen LogP contribution < -0.4 is 21.6 Å². The van der Waals surface area contributed by atoms with Crippen LogP contribution in [-0.4, -0.2) is 27.6 Å². The van der Waals surface area contributed by atoms with Crippen LogP contribution in [0.3, 0.4) is 0 Å². The molecule has 4 aromatic rings. The summed E-state index contributed by atoms with van der Waals surface area (Å²) in [6.45, 7) is 9.25. The van der Waals surface area contributed by atoms with E-state index in [9.17, 15) is 5.26 Å². The Bertz CT molecular complexity index is 1730. The van der Waals surface area contributed by atoms with E-state index >= 15 is 0 Å². The van der Waals surface area contributed by atoms with E-state index in [2.05, 4.69) is 82.7 Å². The van der Waals surface area contributed by atoms with Crippen molar-refractivity contribution in [3.63, 3.8) is 0 Å². The summed E-state index contributed by atoms with van der Waals surface area (Å²) in [5.74, 6) is 2.77. The maximum absolute atomic E-state index is 10.1. The number of nitriles is 1. The average Bonchev–Trinajstić information content (AvgIpc) is 3.53. The smallest absolute Gasteiger partial charge is 0.102 e. The lowest BCUT2D eigenvalue weighted by Gasteiger charge is -2.24. The molecule has 9 heteroatoms. The average molecular weight is 549 g/mol. The summed E-state index contributed by atoms with van der Waals surface area (Å²) in [4.78, 5) is 9.31. The number of nitrogens with zero attached hydrogens (tertiary/aromatic N) is 4. The fourth-order valence-corrected chi connectivity index (χ4v) is 5.92. The molecular formula is C31H32N8S. The van der Waals surface area contributed by atoms with E-state index in [1.54, 1.807) is 17.5 Å². The van der Waals surface area contributed by atoms with Crippen molar-refractivity contribution in [3.05, 3.63) is 70.1 Å². The van der Waals surface area contributed by atoms with Gasteiger partial charge in [-0.25, -0.2) is 4.98 Å². The van der Waals surface area contributed by atoms with Gasteiger partial charge in [-0.3, -0.25) is 9.99 Å². The van der Waals surface area contributed by atoms with E-state index in [1.807, 2.05) is 25.1 Å². The lowest BCUT2D eigenvalue weighted by atomic mass is 9.96. The van der Waals surface area contributed by atoms with Crippen LogP contribution in [0.1, 0.15) is 61.4 Å². The molecule has 1 saturated carbocycles. The third-order valence-corrected chi connectivity index (χ3v) is 8.11. The number of thiazole rings is 1. The molecule has 2 aliphatic rings. The predicted octanol–water partition coefficient (Wildman–Crippen LogP) is 5.95. The van der Waals surface area contributed by atoms with Gasteiger partial charge in [-0.15, -0.1) is 23.3 Å². The second-order valence-electron chi connectivity index (χ2n) is 11.6. The number of benzene rings is 2. The van der Waals surface area contributed by atoms with Crippen molar-refractivity contribution in [2.45, 2.75) is 52.6 Å². The minimum atomic E-state index is -0.224. The number of hydrogen-bond acceptors (Lipinski definition) is 9. The maximum Gasteiger partial charge on any atom is 0.102 e. The van der Waals surface area contributed by atoms with Gasteiger partial charge >= 0.3 is 0 Å². The molecule has 1 atom stereocenters. The van der Waals surface area contributed by atoms with Crippen LogP contribution in [0.15, 0.2) is 48.4 Å². The van der Waals surface area contributed by atoms with E-state index in [4.69, 9.17) is 11.4 Å². The zero-order valence-electron chi connectivity index (χ0n) is 23.1. The second kappa shape index (κ2) is 10.0. The topological polar surface area (TPSA) is 101 Å². The van der Waals surface area contributed by atoms with Crippen LogP contribution in [0.2, 0.25) is 0 Å². The number of aromatic nitrogens is 2. The second-order valence-corrected chi connectivity index (χ2v) is 12.8. The highest BCUT2D eigenvalue weighted by atomic mass is 32.1. The number of fused-ring (bicyclic) bond motifs is 2. The van der Waals surface area contributed by atoms with Crippen LogP contribution in [0, 0.1) is 36.0 Å². The summed E-state index contributed by atoms with van der Waals surface area (Å²) in [5.41, 5.74) is 13.2. The molecule has 0 spiro atoms. The molecule has 3 heterocycles. The van der Waals surface area contributed by atoms with Crippen LogP contribution in [0.25, 0.3) is 21.1 Å². The van der Waals surface area contributed by atoms with Crippen molar-refractivity contribution in [1.29, 1.82) is 5.26 Å². The highest BCUT2D eigenvalue weighted by Gasteiger charge is 2.33. The monoisotopic (exact) mass is 548 g/mol. The molecule has 2 aromatic heterocycles. The van der Waals surface area contributed by atoms with Crippen molar-refractivity contribution in [2.75, 3.05) is 17.2 Å². The third-order valence-electron chi connectivity index (χ3n) is 7.08. The van der Waals surface area contributed by atoms with Gasteiger partial charge in [-0.1, -0.05) is 38.8 Å². The van der Waals surface area contributed by atoms with Crippen molar-refractivity contribution in [3.8, 4) is 18.4 Å². The first-order valence-electron chi connectivity index (χ1n) is 13.5. The van der Waals surface area contributed by atoms with Gasteiger partial charge in [0.25, 0.3) is 0 Å². The standard InChI is InChI=1S/C31H32N8S/c1-6-19-15-33-28-20(14-32)12-21(13-24(28)27(19)34-17-31(3,4)5)36-29(26-16-39(38-37-26)22-10-11-22)23-8-7-9-25-30(23)40-18(2)35-25/h1,7-9,12-13,15-16,22,29,36-38H,10-11,17H2,2-5H3,(H,33,34)/t29-/m0/s1. The Morgan fingerprint density at radius 3 is 2.80 bits per heavy atom. The summed E-state index contributed by atoms with van der Waals surface area (Å²) in [6.07, 6.45) is 12.0. The first kappa shape index (κ1) is 25.9. The van der Waals surface area contributed by atoms with E-state index in [0.29, 0.717) is 22.7 Å². The fourth-order valence-electron chi connectivity index (χ4n) is 4.96. The molecule has 8 nitrogen and oxygen atoms in total. The number of anilines is 2. The molecule has 0 bridgehead atoms. The zero-order valence-corrected chi connectivity index (χ0v) is 23.9. The number of hydrazine groups is 2. The largest absolute Gasteiger partial charge is 0.383 e. The van der Waals surface area contributed by atoms with Crippen LogP contribution in [0.5, 0.6) is 0 Å². The van der Waals surface area contributed by atoms with Gasteiger partial charge in [0, 0.05) is 36.1 Å². The Morgan fingerprint density at radius 1 is 1.25 bits per heavy atom. The van der Waals surface area contributed by atoms with Gasteiger partial charge in [0.15, 0.2) is 0 Å². The molecule has 202 valence electrons. The molecular weight excluding hydrogens is 516 g/mol. The number of aryl methyl sites for hydroxylation is 1. The van der Waals surface area contributed by atoms with Crippen molar-refractivity contribution < 1.29 is 0 Å². The van der Waals surface area contributed by atoms with E-state index in [-0.39, 0.29) is 11.5 Å². The summed E-state index contributed by atoms with van der Waals surface area (Å²) in [7, 11) is 0. The summed E-state index contributed by atoms with van der Waals surface area (Å²) >= 11 is 1.69. The highest BCUT2D eigenvalue weighted by Crippen LogP contribution is 2.38. The van der Waals surface area contributed by atoms with Gasteiger partial charge in [-0.2, -0.15) is 5.26 Å². The molecule has 0 radical (unpaired) electrons. The first-order chi connectivity index (χ1) is 19.2. The van der Waals surface area contributed by atoms with Gasteiger partial charge in [0.05, 0.1) is 49.3 Å². The molecule has 6 rings (SSSR count). The molecule has 1 aliphatic heterocycles. The summed E-state index contributed by atoms with van der Waals surface area (Å²) in [6, 6.07) is 12.8. The molecule has 0 unspecified atom stereocenters. The Labute approximate surface area is 238 Å². The third kappa shape index (κ3) is 5.02. The van der Waals surface area contributed by atoms with Gasteiger partial charge in [0.2, 0.25) is 0 Å². The molecule has 0 amide bonds. The lowest BCUT2D eigenvalue weighted by molar-refractivity contribution is 0.260. The first-order valence-corrected chi connectivity index (χ1v) is 14.3. The normalized spacial score (nSPS) is 15.8. The molecule has 1 aliphatic carbocycles. The van der Waals surface area contributed by atoms with Crippen molar-refractivity contribution >= 4 is 43.8 Å².